The molecule has 2 N–H and O–H groups in total. The maximum Gasteiger partial charge on any atom is 0.271 e. The number of aromatic amines is 1. The van der Waals surface area contributed by atoms with E-state index in [4.69, 9.17) is 0 Å². The molecule has 2 heterocycles. The van der Waals surface area contributed by atoms with Gasteiger partial charge in [0.05, 0.1) is 22.5 Å². The molecule has 1 aromatic heterocycles. The summed E-state index contributed by atoms with van der Waals surface area (Å²) in [6.07, 6.45) is 2.11. The number of nitrogens with zero attached hydrogens (tertiary/aromatic N) is 3. The second kappa shape index (κ2) is 5.39. The highest BCUT2D eigenvalue weighted by atomic mass is 16.6. The van der Waals surface area contributed by atoms with E-state index in [0.717, 1.165) is 25.9 Å². The number of H-pyrrole nitrogens is 1. The highest BCUT2D eigenvalue weighted by Crippen LogP contribution is 2.20. The van der Waals surface area contributed by atoms with Gasteiger partial charge in [0, 0.05) is 25.2 Å². The smallest absolute Gasteiger partial charge is 0.271 e. The van der Waals surface area contributed by atoms with Crippen molar-refractivity contribution in [2.24, 2.45) is 0 Å². The molecule has 1 saturated heterocycles. The molecule has 21 heavy (non-hydrogen) atoms. The van der Waals surface area contributed by atoms with Crippen molar-refractivity contribution in [1.29, 1.82) is 0 Å². The van der Waals surface area contributed by atoms with Crippen molar-refractivity contribution >= 4 is 28.6 Å². The number of hydrogen-bond acceptors (Lipinski definition) is 5. The molecule has 8 heteroatoms. The average molecular weight is 289 g/mol. The van der Waals surface area contributed by atoms with Crippen molar-refractivity contribution in [3.63, 3.8) is 0 Å². The third kappa shape index (κ3) is 2.78. The number of amides is 1. The quantitative estimate of drug-likeness (QED) is 0.655. The predicted octanol–water partition coefficient (Wildman–Crippen LogP) is 1.51. The first-order valence-corrected chi connectivity index (χ1v) is 6.79. The van der Waals surface area contributed by atoms with E-state index in [1.54, 1.807) is 6.07 Å². The summed E-state index contributed by atoms with van der Waals surface area (Å²) in [5.74, 6) is 0.483. The summed E-state index contributed by atoms with van der Waals surface area (Å²) in [6, 6.07) is 4.42. The zero-order chi connectivity index (χ0) is 14.8. The molecule has 8 nitrogen and oxygen atoms in total. The Morgan fingerprint density at radius 1 is 1.43 bits per heavy atom. The Balaban J connectivity index is 1.69. The monoisotopic (exact) mass is 289 g/mol. The number of anilines is 1. The van der Waals surface area contributed by atoms with Crippen LogP contribution in [0.4, 0.5) is 11.6 Å². The van der Waals surface area contributed by atoms with Crippen molar-refractivity contribution in [3.8, 4) is 0 Å². The van der Waals surface area contributed by atoms with Crippen LogP contribution in [0.5, 0.6) is 0 Å². The van der Waals surface area contributed by atoms with Gasteiger partial charge < -0.3 is 15.2 Å². The van der Waals surface area contributed by atoms with Crippen LogP contribution in [0.3, 0.4) is 0 Å². The zero-order valence-electron chi connectivity index (χ0n) is 11.3. The first-order valence-electron chi connectivity index (χ1n) is 6.79. The number of nitro groups is 1. The lowest BCUT2D eigenvalue weighted by Gasteiger charge is -2.14. The Hall–Kier alpha value is -2.64. The van der Waals surface area contributed by atoms with Crippen LogP contribution in [0.15, 0.2) is 18.2 Å². The number of carbonyl (C=O) groups is 1. The van der Waals surface area contributed by atoms with Crippen LogP contribution in [0.25, 0.3) is 11.0 Å². The van der Waals surface area contributed by atoms with E-state index in [0.29, 0.717) is 17.0 Å². The summed E-state index contributed by atoms with van der Waals surface area (Å²) in [4.78, 5) is 31.2. The fourth-order valence-electron chi connectivity index (χ4n) is 2.43. The normalized spacial score (nSPS) is 14.6. The van der Waals surface area contributed by atoms with Gasteiger partial charge in [0.1, 0.15) is 0 Å². The van der Waals surface area contributed by atoms with E-state index in [-0.39, 0.29) is 18.1 Å². The minimum absolute atomic E-state index is 0.00584. The fourth-order valence-corrected chi connectivity index (χ4v) is 2.43. The second-order valence-electron chi connectivity index (χ2n) is 4.99. The van der Waals surface area contributed by atoms with Gasteiger partial charge in [0.15, 0.2) is 0 Å². The van der Waals surface area contributed by atoms with Crippen LogP contribution >= 0.6 is 0 Å². The Bertz CT molecular complexity index is 690. The molecule has 0 aliphatic carbocycles. The highest BCUT2D eigenvalue weighted by molar-refractivity contribution is 5.83. The number of carbonyl (C=O) groups excluding carboxylic acids is 1. The lowest BCUT2D eigenvalue weighted by Crippen LogP contribution is -2.33. The lowest BCUT2D eigenvalue weighted by molar-refractivity contribution is -0.384. The van der Waals surface area contributed by atoms with E-state index in [2.05, 4.69) is 15.3 Å². The maximum atomic E-state index is 11.9. The van der Waals surface area contributed by atoms with Gasteiger partial charge in [-0.3, -0.25) is 14.9 Å². The molecule has 1 aliphatic rings. The Labute approximate surface area is 120 Å². The van der Waals surface area contributed by atoms with Crippen molar-refractivity contribution in [1.82, 2.24) is 14.9 Å². The molecular formula is C13H15N5O3. The molecule has 1 fully saturated rings. The van der Waals surface area contributed by atoms with Crippen molar-refractivity contribution in [2.45, 2.75) is 12.8 Å². The van der Waals surface area contributed by atoms with Crippen LogP contribution < -0.4 is 5.32 Å². The van der Waals surface area contributed by atoms with Crippen LogP contribution in [-0.4, -0.2) is 45.3 Å². The molecule has 0 unspecified atom stereocenters. The molecule has 1 aliphatic heterocycles. The summed E-state index contributed by atoms with van der Waals surface area (Å²) in [5.41, 5.74) is 1.19. The van der Waals surface area contributed by atoms with Gasteiger partial charge in [-0.1, -0.05) is 0 Å². The number of benzene rings is 1. The number of hydrogen-bond donors (Lipinski definition) is 2. The Kier molecular flexibility index (Phi) is 3.43. The molecule has 0 radical (unpaired) electrons. The summed E-state index contributed by atoms with van der Waals surface area (Å²) in [6.45, 7) is 1.79. The third-order valence-electron chi connectivity index (χ3n) is 3.54. The van der Waals surface area contributed by atoms with Crippen molar-refractivity contribution < 1.29 is 9.72 Å². The van der Waals surface area contributed by atoms with E-state index in [1.165, 1.54) is 12.1 Å². The largest absolute Gasteiger partial charge is 0.347 e. The van der Waals surface area contributed by atoms with E-state index in [9.17, 15) is 14.9 Å². The summed E-state index contributed by atoms with van der Waals surface area (Å²) in [7, 11) is 0. The van der Waals surface area contributed by atoms with Gasteiger partial charge in [-0.05, 0) is 18.9 Å². The molecular weight excluding hydrogens is 274 g/mol. The van der Waals surface area contributed by atoms with Crippen LogP contribution in [-0.2, 0) is 4.79 Å². The maximum absolute atomic E-state index is 11.9. The molecule has 2 aromatic rings. The van der Waals surface area contributed by atoms with Crippen LogP contribution in [0.1, 0.15) is 12.8 Å². The number of rotatable bonds is 4. The number of imidazole rings is 1. The van der Waals surface area contributed by atoms with Crippen LogP contribution in [0.2, 0.25) is 0 Å². The molecule has 110 valence electrons. The van der Waals surface area contributed by atoms with Gasteiger partial charge in [-0.15, -0.1) is 0 Å². The molecule has 0 saturated carbocycles. The molecule has 0 atom stereocenters. The number of nitrogens with one attached hydrogen (secondary N) is 2. The van der Waals surface area contributed by atoms with E-state index in [1.807, 2.05) is 4.90 Å². The van der Waals surface area contributed by atoms with Gasteiger partial charge in [-0.2, -0.15) is 0 Å². The first kappa shape index (κ1) is 13.3. The predicted molar refractivity (Wildman–Crippen MR) is 77.1 cm³/mol. The molecule has 0 spiro atoms. The average Bonchev–Trinajstić information content (AvgIpc) is 3.12. The van der Waals surface area contributed by atoms with Gasteiger partial charge in [0.25, 0.3) is 5.69 Å². The van der Waals surface area contributed by atoms with Crippen molar-refractivity contribution in [3.05, 3.63) is 28.3 Å². The summed E-state index contributed by atoms with van der Waals surface area (Å²) < 4.78 is 0. The Morgan fingerprint density at radius 3 is 2.90 bits per heavy atom. The minimum Gasteiger partial charge on any atom is -0.347 e. The third-order valence-corrected chi connectivity index (χ3v) is 3.54. The van der Waals surface area contributed by atoms with Crippen molar-refractivity contribution in [2.75, 3.05) is 25.0 Å². The first-order chi connectivity index (χ1) is 10.1. The fraction of sp³-hybridized carbons (Fsp3) is 0.385. The molecule has 1 aromatic carbocycles. The number of nitro benzene ring substituents is 1. The lowest BCUT2D eigenvalue weighted by atomic mass is 10.3. The van der Waals surface area contributed by atoms with E-state index >= 15 is 0 Å². The zero-order valence-corrected chi connectivity index (χ0v) is 11.3. The summed E-state index contributed by atoms with van der Waals surface area (Å²) in [5, 5.41) is 13.6. The molecule has 1 amide bonds. The summed E-state index contributed by atoms with van der Waals surface area (Å²) >= 11 is 0. The molecule has 3 rings (SSSR count). The minimum atomic E-state index is -0.460. The van der Waals surface area contributed by atoms with Gasteiger partial charge >= 0.3 is 0 Å². The SMILES string of the molecule is O=C(CNc1nc2cc([N+](=O)[O-])ccc2[nH]1)N1CCCC1. The number of aromatic nitrogens is 2. The second-order valence-corrected chi connectivity index (χ2v) is 4.99. The van der Waals surface area contributed by atoms with Gasteiger partial charge in [0.2, 0.25) is 11.9 Å². The number of fused-ring (bicyclic) bond motifs is 1. The highest BCUT2D eigenvalue weighted by Gasteiger charge is 2.17. The topological polar surface area (TPSA) is 104 Å². The van der Waals surface area contributed by atoms with E-state index < -0.39 is 4.92 Å². The standard InChI is InChI=1S/C13H15N5O3/c19-12(17-5-1-2-6-17)8-14-13-15-10-4-3-9(18(20)21)7-11(10)16-13/h3-4,7H,1-2,5-6,8H2,(H2,14,15,16). The van der Waals surface area contributed by atoms with Crippen LogP contribution in [0, 0.1) is 10.1 Å². The number of likely N-dealkylation sites (tertiary alicyclic amines) is 1. The number of non-ortho nitro benzene ring substituents is 1. The Morgan fingerprint density at radius 2 is 2.19 bits per heavy atom. The molecule has 0 bridgehead atoms. The van der Waals surface area contributed by atoms with Gasteiger partial charge in [-0.25, -0.2) is 4.98 Å².